The van der Waals surface area contributed by atoms with Crippen LogP contribution in [0.15, 0.2) is 72.8 Å². The van der Waals surface area contributed by atoms with Gasteiger partial charge >= 0.3 is 0 Å². The maximum atomic E-state index is 12.8. The van der Waals surface area contributed by atoms with Crippen LogP contribution in [0.4, 0.5) is 11.6 Å². The van der Waals surface area contributed by atoms with Gasteiger partial charge in [0.15, 0.2) is 0 Å². The zero-order valence-corrected chi connectivity index (χ0v) is 35.9. The highest BCUT2D eigenvalue weighted by molar-refractivity contribution is 6.67. The largest absolute Gasteiger partial charge is 0.384 e. The average Bonchev–Trinajstić information content (AvgIpc) is 4.04. The van der Waals surface area contributed by atoms with Crippen molar-refractivity contribution in [1.29, 1.82) is 0 Å². The summed E-state index contributed by atoms with van der Waals surface area (Å²) in [5.41, 5.74) is 10.7. The van der Waals surface area contributed by atoms with Crippen LogP contribution in [-0.4, -0.2) is 95.2 Å². The van der Waals surface area contributed by atoms with Crippen LogP contribution in [0.25, 0.3) is 23.0 Å². The lowest BCUT2D eigenvalue weighted by molar-refractivity contribution is 0.0722. The molecule has 0 fully saturated rings. The predicted molar refractivity (Wildman–Crippen MR) is 228 cm³/mol. The lowest BCUT2D eigenvalue weighted by Gasteiger charge is -2.19. The molecule has 3 amide bonds. The van der Waals surface area contributed by atoms with E-state index in [0.717, 1.165) is 11.1 Å². The fraction of sp³-hybridized carbons (Fsp3) is 0.333. The summed E-state index contributed by atoms with van der Waals surface area (Å²) in [7, 11) is 0. The van der Waals surface area contributed by atoms with Gasteiger partial charge < -0.3 is 20.9 Å². The molecule has 18 nitrogen and oxygen atoms in total. The number of hydrogen-bond donors (Lipinski definition) is 2. The first-order valence-corrected chi connectivity index (χ1v) is 20.1. The van der Waals surface area contributed by atoms with Crippen molar-refractivity contribution in [1.82, 2.24) is 60.2 Å². The molecule has 0 bridgehead atoms. The number of nitrogen functional groups attached to an aromatic ring is 1. The number of carbonyl (C=O) groups is 4. The summed E-state index contributed by atoms with van der Waals surface area (Å²) < 4.78 is 3.38. The second kappa shape index (κ2) is 18.5. The number of pyridine rings is 2. The Morgan fingerprint density at radius 2 is 1.11 bits per heavy atom. The number of rotatable bonds is 9. The number of halogens is 1. The molecule has 2 aromatic carbocycles. The Bertz CT molecular complexity index is 2580. The quantitative estimate of drug-likeness (QED) is 0.153. The van der Waals surface area contributed by atoms with E-state index >= 15 is 0 Å². The number of hydrogen-bond acceptors (Lipinski definition) is 13. The van der Waals surface area contributed by atoms with E-state index in [4.69, 9.17) is 17.3 Å². The van der Waals surface area contributed by atoms with Gasteiger partial charge in [-0.05, 0) is 148 Å². The van der Waals surface area contributed by atoms with Crippen molar-refractivity contribution in [3.8, 4) is 23.0 Å². The van der Waals surface area contributed by atoms with Crippen LogP contribution in [0.2, 0.25) is 0 Å². The van der Waals surface area contributed by atoms with Gasteiger partial charge in [-0.25, -0.2) is 19.3 Å². The van der Waals surface area contributed by atoms with Crippen molar-refractivity contribution in [2.75, 3.05) is 11.1 Å². The van der Waals surface area contributed by atoms with E-state index in [0.29, 0.717) is 70.0 Å². The van der Waals surface area contributed by atoms with Crippen LogP contribution in [0, 0.1) is 0 Å². The summed E-state index contributed by atoms with van der Waals surface area (Å²) in [5.74, 6) is 1.61. The molecule has 6 aromatic rings. The summed E-state index contributed by atoms with van der Waals surface area (Å²) in [4.78, 5) is 60.6. The van der Waals surface area contributed by atoms with Gasteiger partial charge in [0.25, 0.3) is 23.0 Å². The number of nitrogens with one attached hydrogen (secondary N) is 1. The van der Waals surface area contributed by atoms with Gasteiger partial charge in [-0.2, -0.15) is 0 Å². The topological polar surface area (TPSA) is 226 Å². The number of aromatic nitrogens is 10. The van der Waals surface area contributed by atoms with E-state index in [1.165, 1.54) is 0 Å². The van der Waals surface area contributed by atoms with E-state index in [1.807, 2.05) is 73.6 Å². The molecule has 0 unspecified atom stereocenters. The monoisotopic (exact) mass is 846 g/mol. The third kappa shape index (κ3) is 9.75. The molecular formula is C42H47ClN14O4. The summed E-state index contributed by atoms with van der Waals surface area (Å²) in [6, 6.07) is 21.5. The number of fused-ring (bicyclic) bond motifs is 2. The van der Waals surface area contributed by atoms with Crippen LogP contribution in [0.3, 0.4) is 0 Å². The molecule has 2 aliphatic rings. The Kier molecular flexibility index (Phi) is 13.3. The van der Waals surface area contributed by atoms with Gasteiger partial charge in [0.1, 0.15) is 23.0 Å². The van der Waals surface area contributed by atoms with Gasteiger partial charge in [0.05, 0.1) is 12.1 Å². The third-order valence-electron chi connectivity index (χ3n) is 9.80. The number of carbonyl (C=O) groups excluding carboxylic acids is 4. The predicted octanol–water partition coefficient (Wildman–Crippen LogP) is 6.26. The standard InChI is InChI=1S/C21H23N7O2.C12H12ClNO2.C9H12N6/c1-12(2)27-11-15-9-8-14(10-16(15)21(27)30)20(29)23-18-7-5-6-17(22-18)19-24-25-26-28(19)13(3)4;1-7(2)14-6-9-4-3-8(11(13)15)5-10(9)12(14)16;1-6(2)15-9(12-13-14-15)7-4-3-5-8(10)11-7/h5-10,12-13H,11H2,1-4H3,(H,22,23,29);3-5,7H,6H2,1-2H3;3-6H,1-2H3,(H2,10,11). The fourth-order valence-electron chi connectivity index (χ4n) is 6.56. The first kappa shape index (κ1) is 43.6. The van der Waals surface area contributed by atoms with Gasteiger partial charge in [-0.15, -0.1) is 10.2 Å². The first-order valence-electron chi connectivity index (χ1n) is 19.7. The molecule has 2 aliphatic heterocycles. The zero-order valence-electron chi connectivity index (χ0n) is 35.1. The molecule has 8 rings (SSSR count). The van der Waals surface area contributed by atoms with Crippen LogP contribution < -0.4 is 11.1 Å². The Morgan fingerprint density at radius 1 is 0.639 bits per heavy atom. The molecule has 6 heterocycles. The third-order valence-corrected chi connectivity index (χ3v) is 10.0. The van der Waals surface area contributed by atoms with Crippen molar-refractivity contribution >= 4 is 46.2 Å². The van der Waals surface area contributed by atoms with E-state index in [1.54, 1.807) is 73.8 Å². The lowest BCUT2D eigenvalue weighted by atomic mass is 10.1. The van der Waals surface area contributed by atoms with Gasteiger partial charge in [0, 0.05) is 47.4 Å². The van der Waals surface area contributed by atoms with Crippen LogP contribution in [0.1, 0.15) is 120 Å². The smallest absolute Gasteiger partial charge is 0.256 e. The number of tetrazole rings is 2. The molecular weight excluding hydrogens is 800 g/mol. The molecule has 0 aliphatic carbocycles. The molecule has 0 saturated carbocycles. The highest BCUT2D eigenvalue weighted by atomic mass is 35.5. The molecule has 0 radical (unpaired) electrons. The molecule has 61 heavy (non-hydrogen) atoms. The van der Waals surface area contributed by atoms with Crippen LogP contribution in [-0.2, 0) is 13.1 Å². The Labute approximate surface area is 357 Å². The number of nitrogens with zero attached hydrogens (tertiary/aromatic N) is 12. The van der Waals surface area contributed by atoms with Crippen LogP contribution in [0.5, 0.6) is 0 Å². The minimum Gasteiger partial charge on any atom is -0.384 e. The molecule has 316 valence electrons. The summed E-state index contributed by atoms with van der Waals surface area (Å²) in [6.07, 6.45) is 0. The normalized spacial score (nSPS) is 13.0. The maximum Gasteiger partial charge on any atom is 0.256 e. The summed E-state index contributed by atoms with van der Waals surface area (Å²) >= 11 is 5.39. The molecule has 0 saturated heterocycles. The number of anilines is 2. The second-order valence-electron chi connectivity index (χ2n) is 15.5. The highest BCUT2D eigenvalue weighted by Gasteiger charge is 2.31. The van der Waals surface area contributed by atoms with Crippen molar-refractivity contribution in [2.24, 2.45) is 0 Å². The molecule has 3 N–H and O–H groups in total. The van der Waals surface area contributed by atoms with Gasteiger partial charge in [-0.3, -0.25) is 19.2 Å². The van der Waals surface area contributed by atoms with Crippen molar-refractivity contribution in [3.05, 3.63) is 106 Å². The van der Waals surface area contributed by atoms with Crippen molar-refractivity contribution in [3.63, 3.8) is 0 Å². The molecule has 0 spiro atoms. The zero-order chi connectivity index (χ0) is 44.1. The SMILES string of the molecule is CC(C)N1Cc2ccc(C(=O)Cl)cc2C1=O.CC(C)N1Cc2ccc(C(=O)Nc3cccc(-c4nnnn4C(C)C)n3)cc2C1=O.CC(C)n1nnnc1-c1cccc(N)n1. The van der Waals surface area contributed by atoms with Gasteiger partial charge in [0.2, 0.25) is 11.6 Å². The Hall–Kier alpha value is -6.95. The van der Waals surface area contributed by atoms with Crippen molar-refractivity contribution in [2.45, 2.75) is 92.6 Å². The Morgan fingerprint density at radius 3 is 1.59 bits per heavy atom. The minimum atomic E-state index is -0.529. The molecule has 19 heteroatoms. The molecule has 0 atom stereocenters. The minimum absolute atomic E-state index is 0.0234. The highest BCUT2D eigenvalue weighted by Crippen LogP contribution is 2.28. The summed E-state index contributed by atoms with van der Waals surface area (Å²) in [6.45, 7) is 17.0. The second-order valence-corrected chi connectivity index (χ2v) is 15.8. The summed E-state index contributed by atoms with van der Waals surface area (Å²) in [5, 5.41) is 25.5. The van der Waals surface area contributed by atoms with Crippen molar-refractivity contribution < 1.29 is 19.2 Å². The van der Waals surface area contributed by atoms with E-state index in [-0.39, 0.29) is 41.9 Å². The van der Waals surface area contributed by atoms with E-state index in [2.05, 4.69) is 46.3 Å². The average molecular weight is 847 g/mol. The lowest BCUT2D eigenvalue weighted by Crippen LogP contribution is -2.30. The number of amides is 3. The maximum absolute atomic E-state index is 12.8. The first-order chi connectivity index (χ1) is 29.0. The number of benzene rings is 2. The van der Waals surface area contributed by atoms with E-state index < -0.39 is 5.24 Å². The Balaban J connectivity index is 0.000000169. The fourth-order valence-corrected chi connectivity index (χ4v) is 6.68. The van der Waals surface area contributed by atoms with Gasteiger partial charge in [-0.1, -0.05) is 24.3 Å². The number of nitrogens with two attached hydrogens (primary N) is 1. The van der Waals surface area contributed by atoms with Crippen LogP contribution >= 0.6 is 11.6 Å². The van der Waals surface area contributed by atoms with E-state index in [9.17, 15) is 19.2 Å². The molecule has 4 aromatic heterocycles.